The monoisotopic (exact) mass is 738 g/mol. The van der Waals surface area contributed by atoms with Crippen LogP contribution in [-0.4, -0.2) is 9.97 Å². The minimum absolute atomic E-state index is 0.567. The zero-order chi connectivity index (χ0) is 38.2. The number of rotatable bonds is 4. The van der Waals surface area contributed by atoms with Crippen molar-refractivity contribution in [3.8, 4) is 67.7 Å². The zero-order valence-corrected chi connectivity index (χ0v) is 31.4. The van der Waals surface area contributed by atoms with Crippen molar-refractivity contribution in [1.29, 1.82) is 0 Å². The first-order chi connectivity index (χ1) is 28.8. The molecule has 3 heteroatoms. The lowest BCUT2D eigenvalue weighted by molar-refractivity contribution is 0.436. The Balaban J connectivity index is 1.10. The number of nitrogens with zero attached hydrogens (tertiary/aromatic N) is 2. The number of benzene rings is 9. The number of para-hydroxylation sites is 2. The molecule has 0 atom stereocenters. The summed E-state index contributed by atoms with van der Waals surface area (Å²) < 4.78 is 6.60. The summed E-state index contributed by atoms with van der Waals surface area (Å²) >= 11 is 0. The van der Waals surface area contributed by atoms with Crippen molar-refractivity contribution < 1.29 is 4.74 Å². The first kappa shape index (κ1) is 32.6. The molecule has 0 saturated heterocycles. The second-order valence-electron chi connectivity index (χ2n) is 15.2. The Bertz CT molecular complexity index is 3230. The molecular formula is C55H34N2O. The molecule has 1 aliphatic heterocycles. The average Bonchev–Trinajstić information content (AvgIpc) is 3.60. The summed E-state index contributed by atoms with van der Waals surface area (Å²) in [6.07, 6.45) is 0. The molecule has 0 saturated carbocycles. The Morgan fingerprint density at radius 1 is 0.345 bits per heavy atom. The number of aromatic nitrogens is 2. The largest absolute Gasteiger partial charge is 0.457 e. The van der Waals surface area contributed by atoms with Gasteiger partial charge in [-0.25, -0.2) is 9.97 Å². The summed E-state index contributed by atoms with van der Waals surface area (Å²) in [6, 6.07) is 73.6. The van der Waals surface area contributed by atoms with E-state index in [1.165, 1.54) is 49.4 Å². The molecule has 0 fully saturated rings. The lowest BCUT2D eigenvalue weighted by Gasteiger charge is -2.39. The summed E-state index contributed by atoms with van der Waals surface area (Å²) in [4.78, 5) is 10.8. The topological polar surface area (TPSA) is 35.0 Å². The molecule has 0 radical (unpaired) electrons. The van der Waals surface area contributed by atoms with Gasteiger partial charge in [-0.2, -0.15) is 0 Å². The predicted octanol–water partition coefficient (Wildman–Crippen LogP) is 13.9. The molecular weight excluding hydrogens is 705 g/mol. The van der Waals surface area contributed by atoms with Gasteiger partial charge in [0.2, 0.25) is 0 Å². The van der Waals surface area contributed by atoms with E-state index >= 15 is 0 Å². The van der Waals surface area contributed by atoms with E-state index in [-0.39, 0.29) is 0 Å². The molecule has 270 valence electrons. The third-order valence-electron chi connectivity index (χ3n) is 12.1. The van der Waals surface area contributed by atoms with Gasteiger partial charge in [-0.1, -0.05) is 176 Å². The number of hydrogen-bond donors (Lipinski definition) is 0. The highest BCUT2D eigenvalue weighted by Gasteiger charge is 2.51. The lowest BCUT2D eigenvalue weighted by atomic mass is 9.66. The van der Waals surface area contributed by atoms with Gasteiger partial charge in [0.1, 0.15) is 11.5 Å². The van der Waals surface area contributed by atoms with Gasteiger partial charge in [-0.3, -0.25) is 0 Å². The second-order valence-corrected chi connectivity index (χ2v) is 15.2. The van der Waals surface area contributed by atoms with Gasteiger partial charge < -0.3 is 4.74 Å². The maximum Gasteiger partial charge on any atom is 0.160 e. The van der Waals surface area contributed by atoms with Crippen molar-refractivity contribution in [2.24, 2.45) is 0 Å². The minimum Gasteiger partial charge on any atom is -0.457 e. The lowest BCUT2D eigenvalue weighted by Crippen LogP contribution is -2.32. The van der Waals surface area contributed by atoms with Crippen LogP contribution in [0.3, 0.4) is 0 Å². The van der Waals surface area contributed by atoms with E-state index in [9.17, 15) is 0 Å². The molecule has 3 nitrogen and oxygen atoms in total. The maximum atomic E-state index is 6.60. The van der Waals surface area contributed by atoms with Crippen LogP contribution in [0.1, 0.15) is 22.3 Å². The molecule has 0 N–H and O–H groups in total. The van der Waals surface area contributed by atoms with E-state index in [0.717, 1.165) is 56.3 Å². The highest BCUT2D eigenvalue weighted by molar-refractivity contribution is 6.14. The van der Waals surface area contributed by atoms with Crippen LogP contribution in [-0.2, 0) is 5.41 Å². The van der Waals surface area contributed by atoms with E-state index in [2.05, 4.69) is 200 Å². The van der Waals surface area contributed by atoms with Crippen molar-refractivity contribution in [2.75, 3.05) is 0 Å². The van der Waals surface area contributed by atoms with Crippen molar-refractivity contribution >= 4 is 21.5 Å². The SMILES string of the molecule is c1ccc(-c2cc(-c3cccc4c3-c3ccccc3C43c4ccccc4Oc4ccccc43)nc(-c3cccc(-c4cc5ccccc5c5ccccc45)c3)n2)cc1. The van der Waals surface area contributed by atoms with Crippen molar-refractivity contribution in [3.63, 3.8) is 0 Å². The highest BCUT2D eigenvalue weighted by atomic mass is 16.5. The van der Waals surface area contributed by atoms with Crippen LogP contribution in [0.2, 0.25) is 0 Å². The Hall–Kier alpha value is -7.62. The molecule has 12 rings (SSSR count). The maximum absolute atomic E-state index is 6.60. The molecule has 9 aromatic carbocycles. The van der Waals surface area contributed by atoms with Crippen molar-refractivity contribution in [1.82, 2.24) is 9.97 Å². The highest BCUT2D eigenvalue weighted by Crippen LogP contribution is 2.63. The molecule has 58 heavy (non-hydrogen) atoms. The van der Waals surface area contributed by atoms with Crippen LogP contribution in [0, 0.1) is 0 Å². The summed E-state index contributed by atoms with van der Waals surface area (Å²) in [6.45, 7) is 0. The molecule has 0 amide bonds. The fourth-order valence-electron chi connectivity index (χ4n) is 9.71. The van der Waals surface area contributed by atoms with E-state index in [0.29, 0.717) is 5.82 Å². The van der Waals surface area contributed by atoms with E-state index in [1.807, 2.05) is 6.07 Å². The molecule has 2 aliphatic rings. The fraction of sp³-hybridized carbons (Fsp3) is 0.0182. The van der Waals surface area contributed by atoms with Crippen LogP contribution >= 0.6 is 0 Å². The second kappa shape index (κ2) is 12.7. The molecule has 1 spiro atoms. The van der Waals surface area contributed by atoms with Gasteiger partial charge >= 0.3 is 0 Å². The van der Waals surface area contributed by atoms with Crippen LogP contribution in [0.4, 0.5) is 0 Å². The van der Waals surface area contributed by atoms with E-state index < -0.39 is 5.41 Å². The van der Waals surface area contributed by atoms with Crippen LogP contribution in [0.25, 0.3) is 77.7 Å². The van der Waals surface area contributed by atoms with Crippen molar-refractivity contribution in [3.05, 3.63) is 229 Å². The number of fused-ring (bicyclic) bond motifs is 12. The standard InChI is InChI=1S/C55H34N2O/c1-2-16-35(17-3-1)49-34-50(57-54(56-49)38-20-14-19-36(32-38)44-33-37-18-4-5-21-39(37)40-22-6-7-23-41(40)44)43-25-15-29-48-53(43)42-24-8-9-26-45(42)55(48)46-27-10-12-30-51(46)58-52-31-13-11-28-47(52)55/h1-34H. The van der Waals surface area contributed by atoms with Gasteiger partial charge in [-0.15, -0.1) is 0 Å². The molecule has 0 unspecified atom stereocenters. The number of hydrogen-bond acceptors (Lipinski definition) is 3. The van der Waals surface area contributed by atoms with E-state index in [4.69, 9.17) is 14.7 Å². The zero-order valence-electron chi connectivity index (χ0n) is 31.4. The summed E-state index contributed by atoms with van der Waals surface area (Å²) in [5, 5.41) is 4.95. The third kappa shape index (κ3) is 4.74. The Morgan fingerprint density at radius 3 is 1.72 bits per heavy atom. The van der Waals surface area contributed by atoms with Crippen molar-refractivity contribution in [2.45, 2.75) is 5.41 Å². The minimum atomic E-state index is -0.567. The normalized spacial score (nSPS) is 13.1. The van der Waals surface area contributed by atoms with Gasteiger partial charge in [0.05, 0.1) is 16.8 Å². The molecule has 2 heterocycles. The third-order valence-corrected chi connectivity index (χ3v) is 12.1. The van der Waals surface area contributed by atoms with Crippen LogP contribution in [0.5, 0.6) is 11.5 Å². The quantitative estimate of drug-likeness (QED) is 0.169. The molecule has 1 aromatic heterocycles. The fourth-order valence-corrected chi connectivity index (χ4v) is 9.71. The Kier molecular flexibility index (Phi) is 7.14. The summed E-state index contributed by atoms with van der Waals surface area (Å²) in [5.41, 5.74) is 13.7. The summed E-state index contributed by atoms with van der Waals surface area (Å²) in [5.74, 6) is 2.44. The van der Waals surface area contributed by atoms with Gasteiger partial charge in [0.25, 0.3) is 0 Å². The average molecular weight is 739 g/mol. The Labute approximate surface area is 336 Å². The van der Waals surface area contributed by atoms with E-state index in [1.54, 1.807) is 0 Å². The first-order valence-electron chi connectivity index (χ1n) is 19.8. The first-order valence-corrected chi connectivity index (χ1v) is 19.8. The van der Waals surface area contributed by atoms with Gasteiger partial charge in [-0.05, 0) is 85.3 Å². The van der Waals surface area contributed by atoms with Crippen LogP contribution in [0.15, 0.2) is 206 Å². The van der Waals surface area contributed by atoms with Gasteiger partial charge in [0.15, 0.2) is 5.82 Å². The molecule has 1 aliphatic carbocycles. The Morgan fingerprint density at radius 2 is 0.914 bits per heavy atom. The van der Waals surface area contributed by atoms with Crippen LogP contribution < -0.4 is 4.74 Å². The smallest absolute Gasteiger partial charge is 0.160 e. The van der Waals surface area contributed by atoms with Gasteiger partial charge in [0, 0.05) is 27.8 Å². The summed E-state index contributed by atoms with van der Waals surface area (Å²) in [7, 11) is 0. The number of ether oxygens (including phenoxy) is 1. The molecule has 10 aromatic rings. The predicted molar refractivity (Wildman–Crippen MR) is 236 cm³/mol. The molecule has 0 bridgehead atoms.